The summed E-state index contributed by atoms with van der Waals surface area (Å²) in [5.41, 5.74) is 0.904. The second-order valence-corrected chi connectivity index (χ2v) is 5.35. The molecule has 1 unspecified atom stereocenters. The molecular weight excluding hydrogens is 270 g/mol. The number of aliphatic carboxylic acids is 1. The average Bonchev–Trinajstić information content (AvgIpc) is 3.09. The molecule has 1 fully saturated rings. The smallest absolute Gasteiger partial charge is 0.303 e. The van der Waals surface area contributed by atoms with E-state index in [0.717, 1.165) is 25.1 Å². The van der Waals surface area contributed by atoms with Gasteiger partial charge in [0.2, 0.25) is 11.8 Å². The van der Waals surface area contributed by atoms with Crippen LogP contribution in [0.5, 0.6) is 0 Å². The summed E-state index contributed by atoms with van der Waals surface area (Å²) in [5, 5.41) is 16.9. The molecule has 3 rings (SSSR count). The monoisotopic (exact) mass is 287 g/mol. The van der Waals surface area contributed by atoms with Gasteiger partial charge in [-0.2, -0.15) is 0 Å². The Morgan fingerprint density at radius 1 is 1.33 bits per heavy atom. The Hall–Kier alpha value is -2.21. The third-order valence-electron chi connectivity index (χ3n) is 3.68. The lowest BCUT2D eigenvalue weighted by molar-refractivity contribution is -0.138. The molecule has 0 saturated carbocycles. The van der Waals surface area contributed by atoms with Gasteiger partial charge in [-0.15, -0.1) is 10.2 Å². The lowest BCUT2D eigenvalue weighted by Gasteiger charge is -2.12. The minimum Gasteiger partial charge on any atom is -0.481 e. The summed E-state index contributed by atoms with van der Waals surface area (Å²) < 4.78 is 5.67. The number of carbonyl (C=O) groups is 1. The molecule has 0 amide bonds. The second-order valence-electron chi connectivity index (χ2n) is 5.35. The predicted octanol–water partition coefficient (Wildman–Crippen LogP) is 2.03. The molecule has 2 heterocycles. The fourth-order valence-electron chi connectivity index (χ4n) is 2.68. The summed E-state index contributed by atoms with van der Waals surface area (Å²) >= 11 is 0. The van der Waals surface area contributed by atoms with E-state index < -0.39 is 5.97 Å². The van der Waals surface area contributed by atoms with Crippen molar-refractivity contribution in [2.45, 2.75) is 19.4 Å². The first kappa shape index (κ1) is 13.8. The van der Waals surface area contributed by atoms with Crippen LogP contribution in [-0.4, -0.2) is 39.3 Å². The number of carboxylic acid groups (broad SMARTS) is 1. The van der Waals surface area contributed by atoms with Crippen molar-refractivity contribution in [3.8, 4) is 11.5 Å². The van der Waals surface area contributed by atoms with Crippen molar-refractivity contribution in [1.29, 1.82) is 0 Å². The molecule has 1 saturated heterocycles. The van der Waals surface area contributed by atoms with Gasteiger partial charge in [0.1, 0.15) is 0 Å². The van der Waals surface area contributed by atoms with Crippen LogP contribution >= 0.6 is 0 Å². The Labute approximate surface area is 122 Å². The van der Waals surface area contributed by atoms with Gasteiger partial charge >= 0.3 is 5.97 Å². The highest BCUT2D eigenvalue weighted by Gasteiger charge is 2.25. The topological polar surface area (TPSA) is 79.5 Å². The number of likely N-dealkylation sites (tertiary alicyclic amines) is 1. The third kappa shape index (κ3) is 3.46. The van der Waals surface area contributed by atoms with Gasteiger partial charge in [-0.1, -0.05) is 18.2 Å². The second kappa shape index (κ2) is 6.05. The number of hydrogen-bond donors (Lipinski definition) is 1. The van der Waals surface area contributed by atoms with Crippen LogP contribution < -0.4 is 0 Å². The van der Waals surface area contributed by atoms with Crippen LogP contribution in [0.25, 0.3) is 11.5 Å². The fraction of sp³-hybridized carbons (Fsp3) is 0.400. The van der Waals surface area contributed by atoms with Gasteiger partial charge in [0, 0.05) is 18.5 Å². The van der Waals surface area contributed by atoms with E-state index in [0.29, 0.717) is 18.3 Å². The first-order chi connectivity index (χ1) is 10.2. The van der Waals surface area contributed by atoms with Gasteiger partial charge < -0.3 is 9.52 Å². The molecule has 21 heavy (non-hydrogen) atoms. The van der Waals surface area contributed by atoms with Crippen LogP contribution in [0.2, 0.25) is 0 Å². The maximum absolute atomic E-state index is 10.7. The van der Waals surface area contributed by atoms with Crippen LogP contribution in [-0.2, 0) is 11.3 Å². The molecule has 0 aliphatic carbocycles. The SMILES string of the molecule is O=C(O)CC1CCN(Cc2nnc(-c3ccccc3)o2)C1. The van der Waals surface area contributed by atoms with Gasteiger partial charge in [0.05, 0.1) is 6.54 Å². The Bertz CT molecular complexity index is 612. The number of hydrogen-bond acceptors (Lipinski definition) is 5. The maximum atomic E-state index is 10.7. The first-order valence-corrected chi connectivity index (χ1v) is 7.02. The summed E-state index contributed by atoms with van der Waals surface area (Å²) in [6, 6.07) is 9.64. The largest absolute Gasteiger partial charge is 0.481 e. The van der Waals surface area contributed by atoms with E-state index in [4.69, 9.17) is 9.52 Å². The van der Waals surface area contributed by atoms with Crippen molar-refractivity contribution >= 4 is 5.97 Å². The van der Waals surface area contributed by atoms with Crippen molar-refractivity contribution in [2.75, 3.05) is 13.1 Å². The molecule has 1 aromatic heterocycles. The molecule has 6 nitrogen and oxygen atoms in total. The third-order valence-corrected chi connectivity index (χ3v) is 3.68. The molecular formula is C15H17N3O3. The first-order valence-electron chi connectivity index (χ1n) is 7.02. The highest BCUT2D eigenvalue weighted by Crippen LogP contribution is 2.22. The summed E-state index contributed by atoms with van der Waals surface area (Å²) in [6.07, 6.45) is 1.14. The summed E-state index contributed by atoms with van der Waals surface area (Å²) in [4.78, 5) is 12.9. The molecule has 110 valence electrons. The van der Waals surface area contributed by atoms with Gasteiger partial charge in [-0.3, -0.25) is 9.69 Å². The minimum atomic E-state index is -0.731. The Morgan fingerprint density at radius 2 is 2.14 bits per heavy atom. The molecule has 6 heteroatoms. The van der Waals surface area contributed by atoms with E-state index in [1.807, 2.05) is 30.3 Å². The van der Waals surface area contributed by atoms with Crippen molar-refractivity contribution in [1.82, 2.24) is 15.1 Å². The minimum absolute atomic E-state index is 0.221. The van der Waals surface area contributed by atoms with Gasteiger partial charge in [0.25, 0.3) is 0 Å². The molecule has 2 aromatic rings. The van der Waals surface area contributed by atoms with E-state index >= 15 is 0 Å². The van der Waals surface area contributed by atoms with Crippen molar-refractivity contribution < 1.29 is 14.3 Å². The molecule has 1 aromatic carbocycles. The number of nitrogens with zero attached hydrogens (tertiary/aromatic N) is 3. The molecule has 0 spiro atoms. The maximum Gasteiger partial charge on any atom is 0.303 e. The highest BCUT2D eigenvalue weighted by molar-refractivity contribution is 5.67. The van der Waals surface area contributed by atoms with Crippen LogP contribution in [0, 0.1) is 5.92 Å². The van der Waals surface area contributed by atoms with Crippen molar-refractivity contribution in [3.05, 3.63) is 36.2 Å². The van der Waals surface area contributed by atoms with Crippen molar-refractivity contribution in [3.63, 3.8) is 0 Å². The van der Waals surface area contributed by atoms with E-state index in [1.165, 1.54) is 0 Å². The van der Waals surface area contributed by atoms with Crippen LogP contribution in [0.1, 0.15) is 18.7 Å². The predicted molar refractivity (Wildman–Crippen MR) is 75.4 cm³/mol. The van der Waals surface area contributed by atoms with Gasteiger partial charge in [0.15, 0.2) is 0 Å². The van der Waals surface area contributed by atoms with Gasteiger partial charge in [-0.05, 0) is 31.0 Å². The Kier molecular flexibility index (Phi) is 3.96. The zero-order valence-electron chi connectivity index (χ0n) is 11.6. The Morgan fingerprint density at radius 3 is 2.90 bits per heavy atom. The van der Waals surface area contributed by atoms with Crippen LogP contribution in [0.4, 0.5) is 0 Å². The van der Waals surface area contributed by atoms with Gasteiger partial charge in [-0.25, -0.2) is 0 Å². The lowest BCUT2D eigenvalue weighted by atomic mass is 10.1. The summed E-state index contributed by atoms with van der Waals surface area (Å²) in [7, 11) is 0. The van der Waals surface area contributed by atoms with Crippen LogP contribution in [0.15, 0.2) is 34.7 Å². The van der Waals surface area contributed by atoms with E-state index in [1.54, 1.807) is 0 Å². The lowest BCUT2D eigenvalue weighted by Crippen LogP contribution is -2.21. The molecule has 0 bridgehead atoms. The van der Waals surface area contributed by atoms with Crippen LogP contribution in [0.3, 0.4) is 0 Å². The molecule has 1 aliphatic rings. The Balaban J connectivity index is 1.60. The number of carboxylic acids is 1. The number of aromatic nitrogens is 2. The molecule has 1 atom stereocenters. The standard InChI is InChI=1S/C15H17N3O3/c19-14(20)8-11-6-7-18(9-11)10-13-16-17-15(21-13)12-4-2-1-3-5-12/h1-5,11H,6-10H2,(H,19,20). The zero-order valence-corrected chi connectivity index (χ0v) is 11.6. The molecule has 1 N–H and O–H groups in total. The van der Waals surface area contributed by atoms with E-state index in [-0.39, 0.29) is 12.3 Å². The normalized spacial score (nSPS) is 19.0. The highest BCUT2D eigenvalue weighted by atomic mass is 16.4. The molecule has 0 radical (unpaired) electrons. The van der Waals surface area contributed by atoms with Crippen molar-refractivity contribution in [2.24, 2.45) is 5.92 Å². The average molecular weight is 287 g/mol. The zero-order chi connectivity index (χ0) is 14.7. The summed E-state index contributed by atoms with van der Waals surface area (Å²) in [6.45, 7) is 2.23. The fourth-order valence-corrected chi connectivity index (χ4v) is 2.68. The number of rotatable bonds is 5. The quantitative estimate of drug-likeness (QED) is 0.906. The number of benzene rings is 1. The van der Waals surface area contributed by atoms with E-state index in [9.17, 15) is 4.79 Å². The molecule has 1 aliphatic heterocycles. The summed E-state index contributed by atoms with van der Waals surface area (Å²) in [5.74, 6) is 0.585. The van der Waals surface area contributed by atoms with E-state index in [2.05, 4.69) is 15.1 Å².